The summed E-state index contributed by atoms with van der Waals surface area (Å²) in [5.41, 5.74) is 0.202. The van der Waals surface area contributed by atoms with Gasteiger partial charge < -0.3 is 14.6 Å². The molecule has 1 unspecified atom stereocenters. The smallest absolute Gasteiger partial charge is 0.172 e. The summed E-state index contributed by atoms with van der Waals surface area (Å²) in [5, 5.41) is 9.86. The summed E-state index contributed by atoms with van der Waals surface area (Å²) < 4.78 is 10.6. The van der Waals surface area contributed by atoms with Crippen LogP contribution in [0.4, 0.5) is 0 Å². The number of phenolic OH excluding ortho intramolecular Hbond substituents is 1. The van der Waals surface area contributed by atoms with Gasteiger partial charge in [0, 0.05) is 18.4 Å². The van der Waals surface area contributed by atoms with Crippen molar-refractivity contribution in [1.82, 2.24) is 0 Å². The summed E-state index contributed by atoms with van der Waals surface area (Å²) in [6, 6.07) is 5.04. The minimum absolute atomic E-state index is 0.00441. The molecule has 0 radical (unpaired) electrons. The lowest BCUT2D eigenvalue weighted by Crippen LogP contribution is -2.47. The highest BCUT2D eigenvalue weighted by Crippen LogP contribution is 2.60. The Morgan fingerprint density at radius 3 is 2.68 bits per heavy atom. The number of aromatic hydroxyl groups is 1. The van der Waals surface area contributed by atoms with E-state index in [0.29, 0.717) is 18.6 Å². The lowest BCUT2D eigenvalue weighted by atomic mass is 9.67. The van der Waals surface area contributed by atoms with Gasteiger partial charge in [0.15, 0.2) is 23.1 Å². The Hall–Kier alpha value is -2.14. The van der Waals surface area contributed by atoms with Gasteiger partial charge in [0.25, 0.3) is 0 Å². The largest absolute Gasteiger partial charge is 0.504 e. The molecule has 134 valence electrons. The summed E-state index contributed by atoms with van der Waals surface area (Å²) in [5.74, 6) is -0.789. The average molecular weight is 344 g/mol. The van der Waals surface area contributed by atoms with Crippen LogP contribution in [0.15, 0.2) is 30.9 Å². The van der Waals surface area contributed by atoms with Crippen molar-refractivity contribution >= 4 is 11.6 Å². The second kappa shape index (κ2) is 6.30. The third-order valence-electron chi connectivity index (χ3n) is 6.10. The molecule has 2 bridgehead atoms. The first-order valence-corrected chi connectivity index (χ1v) is 8.50. The van der Waals surface area contributed by atoms with E-state index in [4.69, 9.17) is 9.47 Å². The predicted molar refractivity (Wildman–Crippen MR) is 92.7 cm³/mol. The van der Waals surface area contributed by atoms with E-state index in [1.54, 1.807) is 24.3 Å². The lowest BCUT2D eigenvalue weighted by Gasteiger charge is -2.36. The summed E-state index contributed by atoms with van der Waals surface area (Å²) in [6.07, 6.45) is 2.13. The van der Waals surface area contributed by atoms with E-state index in [2.05, 4.69) is 6.58 Å². The Morgan fingerprint density at radius 1 is 1.36 bits per heavy atom. The van der Waals surface area contributed by atoms with E-state index in [1.165, 1.54) is 14.2 Å². The molecule has 2 aliphatic rings. The fraction of sp³-hybridized carbons (Fsp3) is 0.500. The van der Waals surface area contributed by atoms with Crippen molar-refractivity contribution < 1.29 is 24.2 Å². The van der Waals surface area contributed by atoms with Gasteiger partial charge in [0.2, 0.25) is 0 Å². The number of Topliss-reactive ketones (excluding diaryl/α,β-unsaturated/α-hetero) is 2. The van der Waals surface area contributed by atoms with Crippen molar-refractivity contribution in [2.45, 2.75) is 31.8 Å². The van der Waals surface area contributed by atoms with Gasteiger partial charge in [0.05, 0.1) is 13.0 Å². The van der Waals surface area contributed by atoms with Crippen LogP contribution in [0.25, 0.3) is 0 Å². The number of carbonyl (C=O) groups excluding carboxylic acids is 2. The highest BCUT2D eigenvalue weighted by Gasteiger charge is 2.65. The number of methoxy groups -OCH3 is 2. The molecule has 0 saturated heterocycles. The van der Waals surface area contributed by atoms with Crippen LogP contribution in [0, 0.1) is 17.3 Å². The van der Waals surface area contributed by atoms with Crippen LogP contribution in [0.2, 0.25) is 0 Å². The Balaban J connectivity index is 2.13. The van der Waals surface area contributed by atoms with E-state index in [9.17, 15) is 14.7 Å². The Bertz CT molecular complexity index is 725. The van der Waals surface area contributed by atoms with Crippen molar-refractivity contribution in [2.24, 2.45) is 17.3 Å². The summed E-state index contributed by atoms with van der Waals surface area (Å²) in [6.45, 7) is 5.84. The van der Waals surface area contributed by atoms with Gasteiger partial charge in [-0.3, -0.25) is 9.59 Å². The van der Waals surface area contributed by atoms with Crippen molar-refractivity contribution in [3.8, 4) is 11.5 Å². The van der Waals surface area contributed by atoms with Gasteiger partial charge in [-0.1, -0.05) is 19.1 Å². The topological polar surface area (TPSA) is 72.8 Å². The van der Waals surface area contributed by atoms with E-state index in [0.717, 1.165) is 5.56 Å². The van der Waals surface area contributed by atoms with Crippen LogP contribution >= 0.6 is 0 Å². The molecule has 0 heterocycles. The van der Waals surface area contributed by atoms with E-state index in [-0.39, 0.29) is 29.2 Å². The van der Waals surface area contributed by atoms with E-state index in [1.807, 2.05) is 6.92 Å². The number of ether oxygens (including phenoxy) is 2. The first kappa shape index (κ1) is 17.7. The minimum atomic E-state index is -0.720. The van der Waals surface area contributed by atoms with Crippen molar-refractivity contribution in [2.75, 3.05) is 14.2 Å². The number of rotatable bonds is 5. The zero-order valence-corrected chi connectivity index (χ0v) is 14.8. The maximum absolute atomic E-state index is 13.2. The molecule has 0 amide bonds. The molecule has 5 nitrogen and oxygen atoms in total. The monoisotopic (exact) mass is 344 g/mol. The number of fused-ring (bicyclic) bond motifs is 2. The quantitative estimate of drug-likeness (QED) is 0.657. The van der Waals surface area contributed by atoms with Crippen LogP contribution < -0.4 is 4.74 Å². The first-order valence-electron chi connectivity index (χ1n) is 8.50. The molecule has 2 saturated carbocycles. The number of hydrogen-bond donors (Lipinski definition) is 1. The number of phenols is 1. The Labute approximate surface area is 147 Å². The summed E-state index contributed by atoms with van der Waals surface area (Å²) >= 11 is 0. The standard InChI is InChI=1S/C20H24O5/c1-5-8-20-10-15(25-4)18(22)17(19(20)23)16(11(20)2)12-6-7-13(21)14(9-12)24-3/h5-7,9,11,15-17,21H,1,8,10H2,2-4H3/t11-,15?,16+,17+,20-/m1/s1. The molecule has 0 aliphatic heterocycles. The van der Waals surface area contributed by atoms with Crippen molar-refractivity contribution in [1.29, 1.82) is 0 Å². The molecular weight excluding hydrogens is 320 g/mol. The SMILES string of the molecule is C=CC[C@]12CC(OC)C(=O)[C@@H](C1=O)[C@H](c1ccc(O)c(OC)c1)[C@H]2C. The molecule has 2 aliphatic carbocycles. The highest BCUT2D eigenvalue weighted by molar-refractivity contribution is 6.12. The Kier molecular flexibility index (Phi) is 4.45. The van der Waals surface area contributed by atoms with Gasteiger partial charge >= 0.3 is 0 Å². The fourth-order valence-electron chi connectivity index (χ4n) is 4.76. The third kappa shape index (κ3) is 2.41. The molecule has 5 heteroatoms. The van der Waals surface area contributed by atoms with E-state index >= 15 is 0 Å². The zero-order valence-electron chi connectivity index (χ0n) is 14.8. The molecule has 0 spiro atoms. The van der Waals surface area contributed by atoms with Crippen LogP contribution in [0.1, 0.15) is 31.2 Å². The highest BCUT2D eigenvalue weighted by atomic mass is 16.5. The maximum atomic E-state index is 13.2. The van der Waals surface area contributed by atoms with Crippen LogP contribution in [0.3, 0.4) is 0 Å². The zero-order chi connectivity index (χ0) is 18.4. The normalized spacial score (nSPS) is 34.2. The Morgan fingerprint density at radius 2 is 2.08 bits per heavy atom. The van der Waals surface area contributed by atoms with Crippen LogP contribution in [-0.4, -0.2) is 37.0 Å². The van der Waals surface area contributed by atoms with Crippen molar-refractivity contribution in [3.63, 3.8) is 0 Å². The van der Waals surface area contributed by atoms with Crippen LogP contribution in [-0.2, 0) is 14.3 Å². The second-order valence-electron chi connectivity index (χ2n) is 7.07. The molecule has 5 atom stereocenters. The number of ketones is 2. The maximum Gasteiger partial charge on any atom is 0.172 e. The molecule has 3 rings (SSSR count). The first-order chi connectivity index (χ1) is 11.9. The molecule has 2 fully saturated rings. The van der Waals surface area contributed by atoms with Gasteiger partial charge in [-0.15, -0.1) is 6.58 Å². The third-order valence-corrected chi connectivity index (χ3v) is 6.10. The number of carbonyl (C=O) groups is 2. The average Bonchev–Trinajstić information content (AvgIpc) is 2.75. The molecule has 1 N–H and O–H groups in total. The van der Waals surface area contributed by atoms with Gasteiger partial charge in [-0.25, -0.2) is 0 Å². The summed E-state index contributed by atoms with van der Waals surface area (Å²) in [7, 11) is 2.99. The predicted octanol–water partition coefficient (Wildman–Crippen LogP) is 2.87. The van der Waals surface area contributed by atoms with Gasteiger partial charge in [-0.05, 0) is 36.5 Å². The fourth-order valence-corrected chi connectivity index (χ4v) is 4.76. The number of benzene rings is 1. The molecule has 1 aromatic rings. The van der Waals surface area contributed by atoms with Gasteiger partial charge in [-0.2, -0.15) is 0 Å². The van der Waals surface area contributed by atoms with E-state index < -0.39 is 17.4 Å². The van der Waals surface area contributed by atoms with Crippen molar-refractivity contribution in [3.05, 3.63) is 36.4 Å². The minimum Gasteiger partial charge on any atom is -0.504 e. The second-order valence-corrected chi connectivity index (χ2v) is 7.07. The van der Waals surface area contributed by atoms with Crippen LogP contribution in [0.5, 0.6) is 11.5 Å². The molecule has 0 aromatic heterocycles. The lowest BCUT2D eigenvalue weighted by molar-refractivity contribution is -0.149. The molecule has 25 heavy (non-hydrogen) atoms. The number of hydrogen-bond acceptors (Lipinski definition) is 5. The number of allylic oxidation sites excluding steroid dienone is 1. The molecule has 1 aromatic carbocycles. The molecular formula is C20H24O5. The van der Waals surface area contributed by atoms with Gasteiger partial charge in [0.1, 0.15) is 6.10 Å². The summed E-state index contributed by atoms with van der Waals surface area (Å²) in [4.78, 5) is 26.1.